The molecule has 230 valence electrons. The van der Waals surface area contributed by atoms with E-state index in [1.165, 1.54) is 4.80 Å². The van der Waals surface area contributed by atoms with Crippen molar-refractivity contribution in [1.82, 2.24) is 35.1 Å². The molecule has 2 saturated carbocycles. The van der Waals surface area contributed by atoms with Gasteiger partial charge in [-0.1, -0.05) is 62.2 Å². The van der Waals surface area contributed by atoms with Crippen molar-refractivity contribution in [3.05, 3.63) is 42.5 Å². The number of nitrogens with zero attached hydrogens (tertiary/aromatic N) is 5. The Morgan fingerprint density at radius 1 is 1.12 bits per heavy atom. The molecule has 5 atom stereocenters. The van der Waals surface area contributed by atoms with Crippen molar-refractivity contribution in [3.8, 4) is 11.4 Å². The number of benzene rings is 1. The number of carbonyl (C=O) groups is 3. The molecular weight excluding hydrogens is 570 g/mol. The topological polar surface area (TPSA) is 156 Å². The zero-order valence-corrected chi connectivity index (χ0v) is 25.4. The molecule has 6 rings (SSSR count). The molecule has 1 saturated heterocycles. The lowest BCUT2D eigenvalue weighted by Gasteiger charge is -2.28. The molecule has 3 heterocycles. The molecule has 1 aromatic heterocycles. The summed E-state index contributed by atoms with van der Waals surface area (Å²) in [5, 5.41) is 15.9. The second-order valence-electron chi connectivity index (χ2n) is 12.8. The van der Waals surface area contributed by atoms with Crippen LogP contribution in [-0.2, 0) is 24.4 Å². The van der Waals surface area contributed by atoms with Gasteiger partial charge in [-0.25, -0.2) is 8.42 Å². The van der Waals surface area contributed by atoms with E-state index in [4.69, 9.17) is 0 Å². The summed E-state index contributed by atoms with van der Waals surface area (Å²) in [6.45, 7) is 3.73. The Morgan fingerprint density at radius 3 is 2.63 bits per heavy atom. The number of aromatic nitrogens is 4. The number of rotatable bonds is 5. The van der Waals surface area contributed by atoms with E-state index in [-0.39, 0.29) is 30.7 Å². The molecule has 12 nitrogen and oxygen atoms in total. The van der Waals surface area contributed by atoms with Gasteiger partial charge in [-0.05, 0) is 50.7 Å². The molecular formula is C30H39N7O5S. The van der Waals surface area contributed by atoms with Gasteiger partial charge in [0.2, 0.25) is 27.7 Å². The van der Waals surface area contributed by atoms with Crippen LogP contribution in [0.1, 0.15) is 77.7 Å². The van der Waals surface area contributed by atoms with Crippen LogP contribution in [0.2, 0.25) is 0 Å². The van der Waals surface area contributed by atoms with Gasteiger partial charge in [-0.3, -0.25) is 19.1 Å². The van der Waals surface area contributed by atoms with Crippen LogP contribution in [0.3, 0.4) is 0 Å². The third-order valence-corrected chi connectivity index (χ3v) is 11.7. The van der Waals surface area contributed by atoms with Crippen LogP contribution in [0, 0.1) is 11.8 Å². The molecule has 2 aromatic rings. The molecule has 3 amide bonds. The largest absolute Gasteiger partial charge is 0.339 e. The minimum absolute atomic E-state index is 0.130. The van der Waals surface area contributed by atoms with Gasteiger partial charge in [-0.2, -0.15) is 4.80 Å². The monoisotopic (exact) mass is 609 g/mol. The van der Waals surface area contributed by atoms with E-state index in [0.29, 0.717) is 31.5 Å². The first-order chi connectivity index (χ1) is 20.5. The molecule has 0 bridgehead atoms. The van der Waals surface area contributed by atoms with Crippen LogP contribution in [0.4, 0.5) is 0 Å². The highest BCUT2D eigenvalue weighted by molar-refractivity contribution is 7.91. The van der Waals surface area contributed by atoms with Crippen LogP contribution in [-0.4, -0.2) is 74.1 Å². The van der Waals surface area contributed by atoms with Crippen LogP contribution in [0.25, 0.3) is 11.4 Å². The summed E-state index contributed by atoms with van der Waals surface area (Å²) in [7, 11) is -3.90. The maximum atomic E-state index is 14.0. The predicted octanol–water partition coefficient (Wildman–Crippen LogP) is 2.51. The van der Waals surface area contributed by atoms with Gasteiger partial charge in [0.1, 0.15) is 11.6 Å². The average molecular weight is 610 g/mol. The fourth-order valence-corrected chi connectivity index (χ4v) is 7.49. The summed E-state index contributed by atoms with van der Waals surface area (Å²) < 4.78 is 27.2. The molecule has 2 N–H and O–H groups in total. The second kappa shape index (κ2) is 11.1. The van der Waals surface area contributed by atoms with Crippen molar-refractivity contribution < 1.29 is 22.8 Å². The number of allylic oxidation sites excluding steroid dienone is 1. The highest BCUT2D eigenvalue weighted by atomic mass is 32.2. The molecule has 4 aliphatic rings. The number of sulfonamides is 1. The molecule has 0 spiro atoms. The molecule has 0 unspecified atom stereocenters. The van der Waals surface area contributed by atoms with Gasteiger partial charge in [0.15, 0.2) is 0 Å². The lowest BCUT2D eigenvalue weighted by atomic mass is 10.0. The van der Waals surface area contributed by atoms with E-state index in [2.05, 4.69) is 25.4 Å². The first-order valence-corrected chi connectivity index (χ1v) is 16.7. The second-order valence-corrected chi connectivity index (χ2v) is 15.0. The average Bonchev–Trinajstić information content (AvgIpc) is 3.75. The number of fused-ring (bicyclic) bond motifs is 2. The molecule has 0 radical (unpaired) electrons. The highest BCUT2D eigenvalue weighted by Crippen LogP contribution is 2.47. The third kappa shape index (κ3) is 5.71. The maximum absolute atomic E-state index is 14.0. The van der Waals surface area contributed by atoms with Crippen molar-refractivity contribution in [2.75, 3.05) is 6.54 Å². The Kier molecular flexibility index (Phi) is 7.64. The zero-order valence-electron chi connectivity index (χ0n) is 24.6. The third-order valence-electron chi connectivity index (χ3n) is 9.55. The van der Waals surface area contributed by atoms with Crippen LogP contribution in [0.15, 0.2) is 42.5 Å². The van der Waals surface area contributed by atoms with E-state index >= 15 is 0 Å². The number of hydrogen-bond acceptors (Lipinski definition) is 8. The van der Waals surface area contributed by atoms with Crippen LogP contribution >= 0.6 is 0 Å². The summed E-state index contributed by atoms with van der Waals surface area (Å²) in [5.41, 5.74) is -0.587. The molecule has 2 aliphatic carbocycles. The lowest BCUT2D eigenvalue weighted by molar-refractivity contribution is -0.142. The summed E-state index contributed by atoms with van der Waals surface area (Å²) in [6, 6.07) is 8.16. The normalized spacial score (nSPS) is 31.5. The van der Waals surface area contributed by atoms with Crippen molar-refractivity contribution in [2.45, 2.75) is 94.0 Å². The summed E-state index contributed by atoms with van der Waals surface area (Å²) in [4.78, 5) is 44.3. The molecule has 1 aromatic carbocycles. The standard InChI is InChI=1S/C30H39N7O5S/c1-20-11-7-4-3-5-10-14-22-18-30(22,28(40)34-43(41,42)29(2)15-16-29)31-26(38)24-17-23(19-36(24)27(20)39)37-33-25(32-35-37)21-12-8-6-9-13-21/h6,8-10,12-14,20,22-24H,3-5,7,11,15-19H2,1-2H3,(H,31,38)(H,34,40)/b14-10-/t20-,22-,23+,24-,30+/m0/s1. The van der Waals surface area contributed by atoms with Crippen molar-refractivity contribution >= 4 is 27.7 Å². The van der Waals surface area contributed by atoms with E-state index in [0.717, 1.165) is 31.2 Å². The fourth-order valence-electron chi connectivity index (χ4n) is 6.18. The summed E-state index contributed by atoms with van der Waals surface area (Å²) in [6.07, 6.45) is 9.75. The minimum Gasteiger partial charge on any atom is -0.339 e. The quantitative estimate of drug-likeness (QED) is 0.490. The summed E-state index contributed by atoms with van der Waals surface area (Å²) >= 11 is 0. The Labute approximate surface area is 251 Å². The van der Waals surface area contributed by atoms with Gasteiger partial charge >= 0.3 is 0 Å². The van der Waals surface area contributed by atoms with E-state index < -0.39 is 44.2 Å². The molecule has 13 heteroatoms. The van der Waals surface area contributed by atoms with E-state index in [9.17, 15) is 22.8 Å². The first-order valence-electron chi connectivity index (χ1n) is 15.2. The van der Waals surface area contributed by atoms with Crippen molar-refractivity contribution in [3.63, 3.8) is 0 Å². The Morgan fingerprint density at radius 2 is 1.88 bits per heavy atom. The van der Waals surface area contributed by atoms with Crippen LogP contribution in [0.5, 0.6) is 0 Å². The predicted molar refractivity (Wildman–Crippen MR) is 157 cm³/mol. The van der Waals surface area contributed by atoms with Crippen LogP contribution < -0.4 is 10.0 Å². The lowest BCUT2D eigenvalue weighted by Crippen LogP contribution is -2.57. The Hall–Kier alpha value is -3.61. The Bertz CT molecular complexity index is 1540. The smallest absolute Gasteiger partial charge is 0.259 e. The van der Waals surface area contributed by atoms with Gasteiger partial charge in [0.05, 0.1) is 10.8 Å². The molecule has 43 heavy (non-hydrogen) atoms. The maximum Gasteiger partial charge on any atom is 0.259 e. The van der Waals surface area contributed by atoms with Crippen molar-refractivity contribution in [2.24, 2.45) is 11.8 Å². The van der Waals surface area contributed by atoms with E-state index in [1.807, 2.05) is 49.4 Å². The minimum atomic E-state index is -3.90. The van der Waals surface area contributed by atoms with Gasteiger partial charge in [0.25, 0.3) is 5.91 Å². The number of amides is 3. The first kappa shape index (κ1) is 29.5. The zero-order chi connectivity index (χ0) is 30.4. The van der Waals surface area contributed by atoms with Gasteiger partial charge < -0.3 is 10.2 Å². The molecule has 3 fully saturated rings. The Balaban J connectivity index is 1.27. The SMILES string of the molecule is C[C@H]1CCCCC/C=C\[C@H]2C[C@@]2(C(=O)NS(=O)(=O)C2(C)CC2)NC(=O)[C@@H]2C[C@@H](n3nnc(-c4ccccc4)n3)CN2C1=O. The fraction of sp³-hybridized carbons (Fsp3) is 0.600. The number of tetrazole rings is 1. The highest BCUT2D eigenvalue weighted by Gasteiger charge is 2.63. The van der Waals surface area contributed by atoms with Crippen molar-refractivity contribution in [1.29, 1.82) is 0 Å². The van der Waals surface area contributed by atoms with Gasteiger partial charge in [-0.15, -0.1) is 10.2 Å². The number of carbonyl (C=O) groups excluding carboxylic acids is 3. The molecule has 2 aliphatic heterocycles. The number of nitrogens with one attached hydrogen (secondary N) is 2. The van der Waals surface area contributed by atoms with E-state index in [1.54, 1.807) is 11.8 Å². The van der Waals surface area contributed by atoms with Gasteiger partial charge in [0, 0.05) is 30.4 Å². The number of hydrogen-bond donors (Lipinski definition) is 2. The summed E-state index contributed by atoms with van der Waals surface area (Å²) in [5.74, 6) is -1.51.